The van der Waals surface area contributed by atoms with E-state index in [-0.39, 0.29) is 6.04 Å². The predicted octanol–water partition coefficient (Wildman–Crippen LogP) is 1.49. The highest BCUT2D eigenvalue weighted by molar-refractivity contribution is 5.15. The van der Waals surface area contributed by atoms with Crippen molar-refractivity contribution in [2.75, 3.05) is 0 Å². The first-order chi connectivity index (χ1) is 5.38. The number of hydrogen-bond donors (Lipinski definition) is 1. The highest BCUT2D eigenvalue weighted by Gasteiger charge is 2.29. The predicted molar refractivity (Wildman–Crippen MR) is 43.9 cm³/mol. The topological polar surface area (TPSA) is 38.9 Å². The van der Waals surface area contributed by atoms with E-state index in [9.17, 15) is 0 Å². The lowest BCUT2D eigenvalue weighted by Gasteiger charge is -2.08. The third-order valence-corrected chi connectivity index (χ3v) is 2.20. The second-order valence-corrected chi connectivity index (χ2v) is 3.15. The van der Waals surface area contributed by atoms with Crippen LogP contribution in [-0.4, -0.2) is 4.98 Å². The zero-order chi connectivity index (χ0) is 7.68. The molecule has 0 spiro atoms. The van der Waals surface area contributed by atoms with Crippen LogP contribution < -0.4 is 5.73 Å². The Morgan fingerprint density at radius 3 is 2.91 bits per heavy atom. The van der Waals surface area contributed by atoms with E-state index < -0.39 is 0 Å². The molecule has 2 N–H and O–H groups in total. The Kier molecular flexibility index (Phi) is 1.62. The number of nitrogens with two attached hydrogens (primary N) is 1. The molecular formula is C9H12N2. The third kappa shape index (κ3) is 1.40. The van der Waals surface area contributed by atoms with E-state index in [0.29, 0.717) is 0 Å². The number of pyridine rings is 1. The fraction of sp³-hybridized carbons (Fsp3) is 0.444. The molecule has 0 aliphatic heterocycles. The van der Waals surface area contributed by atoms with Gasteiger partial charge < -0.3 is 5.73 Å². The summed E-state index contributed by atoms with van der Waals surface area (Å²) < 4.78 is 0. The molecule has 1 aromatic heterocycles. The lowest BCUT2D eigenvalue weighted by atomic mass is 10.1. The molecule has 0 bridgehead atoms. The zero-order valence-corrected chi connectivity index (χ0v) is 6.40. The molecule has 1 aliphatic carbocycles. The van der Waals surface area contributed by atoms with Crippen LogP contribution in [0.5, 0.6) is 0 Å². The van der Waals surface area contributed by atoms with Crippen LogP contribution >= 0.6 is 0 Å². The maximum Gasteiger partial charge on any atom is 0.0338 e. The molecule has 0 radical (unpaired) electrons. The molecule has 1 aliphatic rings. The normalized spacial score (nSPS) is 19.7. The Labute approximate surface area is 66.4 Å². The van der Waals surface area contributed by atoms with Gasteiger partial charge in [0, 0.05) is 18.4 Å². The van der Waals surface area contributed by atoms with E-state index in [1.165, 1.54) is 18.4 Å². The summed E-state index contributed by atoms with van der Waals surface area (Å²) in [4.78, 5) is 4.04. The minimum atomic E-state index is 0.226. The highest BCUT2D eigenvalue weighted by atomic mass is 14.7. The Balaban J connectivity index is 2.15. The first-order valence-corrected chi connectivity index (χ1v) is 4.03. The largest absolute Gasteiger partial charge is 0.324 e. The van der Waals surface area contributed by atoms with E-state index in [1.54, 1.807) is 6.20 Å². The lowest BCUT2D eigenvalue weighted by molar-refractivity contribution is 0.631. The van der Waals surface area contributed by atoms with Crippen LogP contribution in [0, 0.1) is 5.92 Å². The number of nitrogens with zero attached hydrogens (tertiary/aromatic N) is 1. The second kappa shape index (κ2) is 2.62. The van der Waals surface area contributed by atoms with Crippen LogP contribution in [0.4, 0.5) is 0 Å². The second-order valence-electron chi connectivity index (χ2n) is 3.15. The quantitative estimate of drug-likeness (QED) is 0.690. The summed E-state index contributed by atoms with van der Waals surface area (Å²) in [7, 11) is 0. The van der Waals surface area contributed by atoms with E-state index in [1.807, 2.05) is 12.3 Å². The van der Waals surface area contributed by atoms with Gasteiger partial charge in [0.15, 0.2) is 0 Å². The van der Waals surface area contributed by atoms with Crippen molar-refractivity contribution in [1.82, 2.24) is 4.98 Å². The number of rotatable bonds is 2. The molecule has 58 valence electrons. The van der Waals surface area contributed by atoms with Gasteiger partial charge in [0.1, 0.15) is 0 Å². The van der Waals surface area contributed by atoms with Gasteiger partial charge in [0.2, 0.25) is 0 Å². The molecule has 2 heteroatoms. The Morgan fingerprint density at radius 1 is 1.55 bits per heavy atom. The molecule has 0 aromatic carbocycles. The van der Waals surface area contributed by atoms with Crippen LogP contribution in [0.15, 0.2) is 24.5 Å². The van der Waals surface area contributed by atoms with Crippen molar-refractivity contribution in [3.8, 4) is 0 Å². The summed E-state index contributed by atoms with van der Waals surface area (Å²) >= 11 is 0. The molecule has 1 fully saturated rings. The average Bonchev–Trinajstić information content (AvgIpc) is 2.87. The molecule has 1 unspecified atom stereocenters. The summed E-state index contributed by atoms with van der Waals surface area (Å²) in [5.74, 6) is 0.721. The Morgan fingerprint density at radius 2 is 2.36 bits per heavy atom. The Bertz CT molecular complexity index is 229. The minimum Gasteiger partial charge on any atom is -0.324 e. The van der Waals surface area contributed by atoms with Gasteiger partial charge in [-0.05, 0) is 30.4 Å². The SMILES string of the molecule is NC(c1cccnc1)C1CC1. The monoisotopic (exact) mass is 148 g/mol. The van der Waals surface area contributed by atoms with Crippen molar-refractivity contribution < 1.29 is 0 Å². The molecule has 1 saturated carbocycles. The van der Waals surface area contributed by atoms with Gasteiger partial charge in [-0.1, -0.05) is 6.07 Å². The van der Waals surface area contributed by atoms with E-state index in [2.05, 4.69) is 11.1 Å². The van der Waals surface area contributed by atoms with Gasteiger partial charge >= 0.3 is 0 Å². The smallest absolute Gasteiger partial charge is 0.0338 e. The lowest BCUT2D eigenvalue weighted by Crippen LogP contribution is -2.12. The van der Waals surface area contributed by atoms with Crippen molar-refractivity contribution >= 4 is 0 Å². The van der Waals surface area contributed by atoms with Gasteiger partial charge in [-0.3, -0.25) is 4.98 Å². The van der Waals surface area contributed by atoms with Crippen LogP contribution in [0.1, 0.15) is 24.4 Å². The van der Waals surface area contributed by atoms with Crippen molar-refractivity contribution in [3.05, 3.63) is 30.1 Å². The van der Waals surface area contributed by atoms with E-state index in [4.69, 9.17) is 5.73 Å². The fourth-order valence-electron chi connectivity index (χ4n) is 1.30. The number of hydrogen-bond acceptors (Lipinski definition) is 2. The maximum absolute atomic E-state index is 5.96. The molecule has 0 saturated heterocycles. The van der Waals surface area contributed by atoms with E-state index in [0.717, 1.165) is 5.92 Å². The summed E-state index contributed by atoms with van der Waals surface area (Å²) in [5, 5.41) is 0. The van der Waals surface area contributed by atoms with Crippen molar-refractivity contribution in [3.63, 3.8) is 0 Å². The van der Waals surface area contributed by atoms with Gasteiger partial charge in [-0.2, -0.15) is 0 Å². The van der Waals surface area contributed by atoms with Crippen LogP contribution in [-0.2, 0) is 0 Å². The summed E-state index contributed by atoms with van der Waals surface area (Å²) in [5.41, 5.74) is 7.14. The van der Waals surface area contributed by atoms with E-state index >= 15 is 0 Å². The molecule has 1 heterocycles. The highest BCUT2D eigenvalue weighted by Crippen LogP contribution is 2.38. The Hall–Kier alpha value is -0.890. The number of aromatic nitrogens is 1. The molecule has 11 heavy (non-hydrogen) atoms. The molecule has 1 atom stereocenters. The summed E-state index contributed by atoms with van der Waals surface area (Å²) in [6.07, 6.45) is 6.22. The van der Waals surface area contributed by atoms with Gasteiger partial charge in [0.05, 0.1) is 0 Å². The first-order valence-electron chi connectivity index (χ1n) is 4.03. The maximum atomic E-state index is 5.96. The standard InChI is InChI=1S/C9H12N2/c10-9(7-3-4-7)8-2-1-5-11-6-8/h1-2,5-7,9H,3-4,10H2. The fourth-order valence-corrected chi connectivity index (χ4v) is 1.30. The van der Waals surface area contributed by atoms with Crippen molar-refractivity contribution in [1.29, 1.82) is 0 Å². The van der Waals surface area contributed by atoms with Crippen molar-refractivity contribution in [2.24, 2.45) is 11.7 Å². The molecule has 2 nitrogen and oxygen atoms in total. The minimum absolute atomic E-state index is 0.226. The molecule has 0 amide bonds. The van der Waals surface area contributed by atoms with Crippen molar-refractivity contribution in [2.45, 2.75) is 18.9 Å². The van der Waals surface area contributed by atoms with Crippen LogP contribution in [0.3, 0.4) is 0 Å². The van der Waals surface area contributed by atoms with Crippen LogP contribution in [0.25, 0.3) is 0 Å². The average molecular weight is 148 g/mol. The third-order valence-electron chi connectivity index (χ3n) is 2.20. The molecule has 1 aromatic rings. The van der Waals surface area contributed by atoms with Gasteiger partial charge in [-0.25, -0.2) is 0 Å². The van der Waals surface area contributed by atoms with Crippen LogP contribution in [0.2, 0.25) is 0 Å². The molecular weight excluding hydrogens is 136 g/mol. The van der Waals surface area contributed by atoms with Gasteiger partial charge in [-0.15, -0.1) is 0 Å². The first kappa shape index (κ1) is 6.80. The zero-order valence-electron chi connectivity index (χ0n) is 6.40. The molecule has 2 rings (SSSR count). The van der Waals surface area contributed by atoms with Gasteiger partial charge in [0.25, 0.3) is 0 Å². The summed E-state index contributed by atoms with van der Waals surface area (Å²) in [6.45, 7) is 0. The summed E-state index contributed by atoms with van der Waals surface area (Å²) in [6, 6.07) is 4.22.